The molecule has 0 saturated heterocycles. The van der Waals surface area contributed by atoms with Crippen LogP contribution in [-0.2, 0) is 4.79 Å². The molecule has 0 aromatic rings. The molecule has 2 aliphatic carbocycles. The van der Waals surface area contributed by atoms with Gasteiger partial charge in [0.1, 0.15) is 0 Å². The number of amides is 2. The van der Waals surface area contributed by atoms with Gasteiger partial charge >= 0.3 is 12.0 Å². The predicted octanol–water partition coefficient (Wildman–Crippen LogP) is 1.09. The van der Waals surface area contributed by atoms with Crippen LogP contribution < -0.4 is 10.6 Å². The summed E-state index contributed by atoms with van der Waals surface area (Å²) in [6, 6.07) is -0.215. The summed E-state index contributed by atoms with van der Waals surface area (Å²) >= 11 is 0. The summed E-state index contributed by atoms with van der Waals surface area (Å²) in [5.41, 5.74) is -0.487. The second kappa shape index (κ2) is 4.31. The molecule has 2 rings (SSSR count). The molecule has 16 heavy (non-hydrogen) atoms. The van der Waals surface area contributed by atoms with E-state index in [0.29, 0.717) is 5.92 Å². The van der Waals surface area contributed by atoms with Crippen molar-refractivity contribution >= 4 is 12.0 Å². The Bertz CT molecular complexity index is 296. The molecule has 90 valence electrons. The highest BCUT2D eigenvalue weighted by atomic mass is 16.4. The van der Waals surface area contributed by atoms with Gasteiger partial charge in [-0.15, -0.1) is 0 Å². The van der Waals surface area contributed by atoms with Crippen molar-refractivity contribution in [2.45, 2.75) is 44.1 Å². The van der Waals surface area contributed by atoms with Crippen molar-refractivity contribution in [1.82, 2.24) is 10.6 Å². The van der Waals surface area contributed by atoms with Crippen molar-refractivity contribution in [3.8, 4) is 0 Å². The number of urea groups is 1. The van der Waals surface area contributed by atoms with Crippen LogP contribution in [0.3, 0.4) is 0 Å². The van der Waals surface area contributed by atoms with Crippen molar-refractivity contribution in [1.29, 1.82) is 0 Å². The van der Waals surface area contributed by atoms with E-state index in [2.05, 4.69) is 10.6 Å². The van der Waals surface area contributed by atoms with E-state index in [4.69, 9.17) is 5.11 Å². The number of carboxylic acids is 1. The zero-order valence-corrected chi connectivity index (χ0v) is 9.29. The third-order valence-electron chi connectivity index (χ3n) is 3.43. The Morgan fingerprint density at radius 1 is 1.31 bits per heavy atom. The van der Waals surface area contributed by atoms with E-state index in [1.54, 1.807) is 0 Å². The second-order valence-corrected chi connectivity index (χ2v) is 4.98. The molecule has 2 aliphatic rings. The molecule has 5 nitrogen and oxygen atoms in total. The summed E-state index contributed by atoms with van der Waals surface area (Å²) < 4.78 is 0. The maximum absolute atomic E-state index is 11.6. The van der Waals surface area contributed by atoms with Crippen LogP contribution in [0.5, 0.6) is 0 Å². The summed E-state index contributed by atoms with van der Waals surface area (Å²) in [4.78, 5) is 22.2. The van der Waals surface area contributed by atoms with Gasteiger partial charge in [0.25, 0.3) is 0 Å². The van der Waals surface area contributed by atoms with E-state index < -0.39 is 11.5 Å². The standard InChI is InChI=1S/C11H18N2O3/c14-9(15)6-11(4-1-5-11)13-10(16)12-7-8-2-3-8/h8H,1-7H2,(H,14,15)(H2,12,13,16). The summed E-state index contributed by atoms with van der Waals surface area (Å²) in [5, 5.41) is 14.4. The molecule has 2 amide bonds. The maximum Gasteiger partial charge on any atom is 0.315 e. The zero-order valence-electron chi connectivity index (χ0n) is 9.29. The van der Waals surface area contributed by atoms with Gasteiger partial charge in [-0.3, -0.25) is 4.79 Å². The Morgan fingerprint density at radius 3 is 2.44 bits per heavy atom. The molecule has 0 heterocycles. The van der Waals surface area contributed by atoms with E-state index in [1.165, 1.54) is 12.8 Å². The lowest BCUT2D eigenvalue weighted by atomic mass is 9.74. The Labute approximate surface area is 94.6 Å². The highest BCUT2D eigenvalue weighted by molar-refractivity contribution is 5.77. The van der Waals surface area contributed by atoms with Gasteiger partial charge in [-0.1, -0.05) is 0 Å². The number of aliphatic carboxylic acids is 1. The van der Waals surface area contributed by atoms with Crippen LogP contribution in [-0.4, -0.2) is 29.2 Å². The van der Waals surface area contributed by atoms with Gasteiger partial charge in [-0.05, 0) is 38.0 Å². The van der Waals surface area contributed by atoms with Gasteiger partial charge < -0.3 is 15.7 Å². The predicted molar refractivity (Wildman–Crippen MR) is 58.1 cm³/mol. The number of carboxylic acid groups (broad SMARTS) is 1. The molecule has 0 unspecified atom stereocenters. The first kappa shape index (κ1) is 11.2. The third-order valence-corrected chi connectivity index (χ3v) is 3.43. The van der Waals surface area contributed by atoms with E-state index in [-0.39, 0.29) is 12.5 Å². The van der Waals surface area contributed by atoms with E-state index in [1.807, 2.05) is 0 Å². The molecule has 2 fully saturated rings. The van der Waals surface area contributed by atoms with Gasteiger partial charge in [-0.2, -0.15) is 0 Å². The number of carbonyl (C=O) groups is 2. The lowest BCUT2D eigenvalue weighted by molar-refractivity contribution is -0.139. The Hall–Kier alpha value is -1.26. The van der Waals surface area contributed by atoms with E-state index in [0.717, 1.165) is 25.8 Å². The van der Waals surface area contributed by atoms with E-state index in [9.17, 15) is 9.59 Å². The highest BCUT2D eigenvalue weighted by Gasteiger charge is 2.40. The molecule has 0 aromatic heterocycles. The molecule has 0 bridgehead atoms. The van der Waals surface area contributed by atoms with Gasteiger partial charge in [0.15, 0.2) is 0 Å². The molecule has 0 aliphatic heterocycles. The molecule has 0 spiro atoms. The summed E-state index contributed by atoms with van der Waals surface area (Å²) in [6.07, 6.45) is 4.97. The SMILES string of the molecule is O=C(O)CC1(NC(=O)NCC2CC2)CCC1. The smallest absolute Gasteiger partial charge is 0.315 e. The first-order valence-corrected chi connectivity index (χ1v) is 5.87. The number of hydrogen-bond donors (Lipinski definition) is 3. The van der Waals surface area contributed by atoms with Crippen LogP contribution in [0.4, 0.5) is 4.79 Å². The minimum Gasteiger partial charge on any atom is -0.481 e. The quantitative estimate of drug-likeness (QED) is 0.656. The Kier molecular flexibility index (Phi) is 3.03. The lowest BCUT2D eigenvalue weighted by Crippen LogP contribution is -2.57. The summed E-state index contributed by atoms with van der Waals surface area (Å²) in [6.45, 7) is 0.717. The van der Waals surface area contributed by atoms with Gasteiger partial charge in [0.2, 0.25) is 0 Å². The van der Waals surface area contributed by atoms with Crippen molar-refractivity contribution in [3.63, 3.8) is 0 Å². The molecular formula is C11H18N2O3. The van der Waals surface area contributed by atoms with Gasteiger partial charge in [0, 0.05) is 6.54 Å². The van der Waals surface area contributed by atoms with Gasteiger partial charge in [-0.25, -0.2) is 4.79 Å². The minimum absolute atomic E-state index is 0.0316. The van der Waals surface area contributed by atoms with E-state index >= 15 is 0 Å². The average molecular weight is 226 g/mol. The normalized spacial score (nSPS) is 22.0. The Morgan fingerprint density at radius 2 is 2.00 bits per heavy atom. The fourth-order valence-corrected chi connectivity index (χ4v) is 2.08. The van der Waals surface area contributed by atoms with Crippen molar-refractivity contribution in [2.24, 2.45) is 5.92 Å². The maximum atomic E-state index is 11.6. The molecule has 0 atom stereocenters. The van der Waals surface area contributed by atoms with Gasteiger partial charge in [0.05, 0.1) is 12.0 Å². The minimum atomic E-state index is -0.845. The third kappa shape index (κ3) is 2.87. The first-order valence-electron chi connectivity index (χ1n) is 5.87. The van der Waals surface area contributed by atoms with Crippen molar-refractivity contribution in [3.05, 3.63) is 0 Å². The molecule has 0 aromatic carbocycles. The highest BCUT2D eigenvalue weighted by Crippen LogP contribution is 2.34. The monoisotopic (exact) mass is 226 g/mol. The van der Waals surface area contributed by atoms with Crippen LogP contribution in [0.2, 0.25) is 0 Å². The number of hydrogen-bond acceptors (Lipinski definition) is 2. The molecule has 0 radical (unpaired) electrons. The van der Waals surface area contributed by atoms with Crippen LogP contribution in [0, 0.1) is 5.92 Å². The number of carbonyl (C=O) groups excluding carboxylic acids is 1. The van der Waals surface area contributed by atoms with Crippen LogP contribution in [0.1, 0.15) is 38.5 Å². The molecule has 3 N–H and O–H groups in total. The number of rotatable bonds is 5. The van der Waals surface area contributed by atoms with Crippen molar-refractivity contribution in [2.75, 3.05) is 6.54 Å². The fraction of sp³-hybridized carbons (Fsp3) is 0.818. The lowest BCUT2D eigenvalue weighted by Gasteiger charge is -2.41. The number of nitrogens with one attached hydrogen (secondary N) is 2. The van der Waals surface area contributed by atoms with Crippen molar-refractivity contribution < 1.29 is 14.7 Å². The molecule has 2 saturated carbocycles. The van der Waals surface area contributed by atoms with Crippen LogP contribution in [0.25, 0.3) is 0 Å². The zero-order chi connectivity index (χ0) is 11.6. The first-order chi connectivity index (χ1) is 7.60. The topological polar surface area (TPSA) is 78.4 Å². The summed E-state index contributed by atoms with van der Waals surface area (Å²) in [5.74, 6) is -0.204. The Balaban J connectivity index is 1.75. The summed E-state index contributed by atoms with van der Waals surface area (Å²) in [7, 11) is 0. The van der Waals surface area contributed by atoms with Crippen LogP contribution >= 0.6 is 0 Å². The fourth-order valence-electron chi connectivity index (χ4n) is 2.08. The average Bonchev–Trinajstić information content (AvgIpc) is 2.93. The molecule has 5 heteroatoms. The molecular weight excluding hydrogens is 208 g/mol. The van der Waals surface area contributed by atoms with Crippen LogP contribution in [0.15, 0.2) is 0 Å². The second-order valence-electron chi connectivity index (χ2n) is 4.98. The largest absolute Gasteiger partial charge is 0.481 e.